The predicted octanol–water partition coefficient (Wildman–Crippen LogP) is 3.34. The van der Waals surface area contributed by atoms with Crippen LogP contribution in [0.25, 0.3) is 16.9 Å². The lowest BCUT2D eigenvalue weighted by Gasteiger charge is -2.29. The summed E-state index contributed by atoms with van der Waals surface area (Å²) in [5.41, 5.74) is 1.68. The molecule has 1 unspecified atom stereocenters. The molecule has 27 heavy (non-hydrogen) atoms. The zero-order valence-electron chi connectivity index (χ0n) is 14.9. The first-order chi connectivity index (χ1) is 13.1. The van der Waals surface area contributed by atoms with E-state index in [0.29, 0.717) is 30.0 Å². The standard InChI is InChI=1S/C19H20FN5O2/c1-12-2-5-18(15(20)8-12)27-19-22-10-16(23-24-19)14-4-3-13(9-17(14)26)25-7-6-21-11-25/h3-4,6-7,9-12,15,18,26H,2,5,8H2,1H3/t12?,15-,18-/m0/s1. The van der Waals surface area contributed by atoms with Gasteiger partial charge in [0.25, 0.3) is 0 Å². The van der Waals surface area contributed by atoms with E-state index < -0.39 is 12.3 Å². The smallest absolute Gasteiger partial charge is 0.336 e. The number of aromatic nitrogens is 5. The molecule has 1 aliphatic carbocycles. The number of rotatable bonds is 4. The number of hydrogen-bond acceptors (Lipinski definition) is 6. The molecule has 1 fully saturated rings. The molecule has 0 radical (unpaired) electrons. The zero-order valence-corrected chi connectivity index (χ0v) is 14.9. The van der Waals surface area contributed by atoms with E-state index in [1.807, 2.05) is 13.0 Å². The van der Waals surface area contributed by atoms with Crippen molar-refractivity contribution in [1.29, 1.82) is 0 Å². The number of halogens is 1. The van der Waals surface area contributed by atoms with E-state index >= 15 is 0 Å². The third-order valence-electron chi connectivity index (χ3n) is 4.83. The highest BCUT2D eigenvalue weighted by atomic mass is 19.1. The monoisotopic (exact) mass is 369 g/mol. The third-order valence-corrected chi connectivity index (χ3v) is 4.83. The molecule has 0 bridgehead atoms. The van der Waals surface area contributed by atoms with Gasteiger partial charge < -0.3 is 14.4 Å². The van der Waals surface area contributed by atoms with Gasteiger partial charge in [-0.3, -0.25) is 0 Å². The van der Waals surface area contributed by atoms with E-state index in [-0.39, 0.29) is 11.8 Å². The quantitative estimate of drug-likeness (QED) is 0.759. The van der Waals surface area contributed by atoms with Gasteiger partial charge in [0, 0.05) is 24.0 Å². The summed E-state index contributed by atoms with van der Waals surface area (Å²) in [6.45, 7) is 2.04. The molecule has 1 aromatic carbocycles. The van der Waals surface area contributed by atoms with E-state index in [0.717, 1.165) is 12.1 Å². The van der Waals surface area contributed by atoms with Crippen LogP contribution in [0.5, 0.6) is 11.8 Å². The molecule has 7 nitrogen and oxygen atoms in total. The van der Waals surface area contributed by atoms with E-state index in [2.05, 4.69) is 20.2 Å². The first-order valence-electron chi connectivity index (χ1n) is 8.92. The van der Waals surface area contributed by atoms with Crippen molar-refractivity contribution in [2.24, 2.45) is 5.92 Å². The van der Waals surface area contributed by atoms with Gasteiger partial charge in [0.2, 0.25) is 0 Å². The Morgan fingerprint density at radius 2 is 2.15 bits per heavy atom. The summed E-state index contributed by atoms with van der Waals surface area (Å²) in [7, 11) is 0. The van der Waals surface area contributed by atoms with Crippen molar-refractivity contribution >= 4 is 0 Å². The van der Waals surface area contributed by atoms with Crippen molar-refractivity contribution in [3.8, 4) is 28.7 Å². The first kappa shape index (κ1) is 17.4. The van der Waals surface area contributed by atoms with Crippen molar-refractivity contribution in [3.05, 3.63) is 43.1 Å². The Hall–Kier alpha value is -3.03. The number of nitrogens with zero attached hydrogens (tertiary/aromatic N) is 5. The van der Waals surface area contributed by atoms with Gasteiger partial charge in [0.1, 0.15) is 23.7 Å². The van der Waals surface area contributed by atoms with E-state index in [4.69, 9.17) is 4.74 Å². The molecule has 1 aliphatic rings. The van der Waals surface area contributed by atoms with E-state index in [1.165, 1.54) is 6.20 Å². The fraction of sp³-hybridized carbons (Fsp3) is 0.368. The Morgan fingerprint density at radius 3 is 2.81 bits per heavy atom. The molecule has 0 spiro atoms. The summed E-state index contributed by atoms with van der Waals surface area (Å²) in [6.07, 6.45) is 7.07. The molecule has 0 amide bonds. The fourth-order valence-corrected chi connectivity index (χ4v) is 3.30. The minimum atomic E-state index is -1.02. The van der Waals surface area contributed by atoms with Crippen LogP contribution in [0, 0.1) is 5.92 Å². The Kier molecular flexibility index (Phi) is 4.70. The van der Waals surface area contributed by atoms with E-state index in [1.54, 1.807) is 35.4 Å². The topological polar surface area (TPSA) is 86.0 Å². The van der Waals surface area contributed by atoms with Crippen LogP contribution in [0.4, 0.5) is 4.39 Å². The summed E-state index contributed by atoms with van der Waals surface area (Å²) in [5, 5.41) is 18.3. The van der Waals surface area contributed by atoms with Crippen molar-refractivity contribution in [2.45, 2.75) is 38.5 Å². The molecule has 0 saturated heterocycles. The van der Waals surface area contributed by atoms with Crippen molar-refractivity contribution in [3.63, 3.8) is 0 Å². The molecule has 2 aromatic heterocycles. The summed E-state index contributed by atoms with van der Waals surface area (Å²) < 4.78 is 21.4. The highest BCUT2D eigenvalue weighted by molar-refractivity contribution is 5.67. The Labute approximate surface area is 155 Å². The molecule has 3 atom stereocenters. The zero-order chi connectivity index (χ0) is 18.8. The fourth-order valence-electron chi connectivity index (χ4n) is 3.30. The molecule has 3 aromatic rings. The Balaban J connectivity index is 1.49. The van der Waals surface area contributed by atoms with E-state index in [9.17, 15) is 9.50 Å². The number of alkyl halides is 1. The van der Waals surface area contributed by atoms with Crippen LogP contribution < -0.4 is 4.74 Å². The van der Waals surface area contributed by atoms with Gasteiger partial charge in [0.15, 0.2) is 0 Å². The number of phenols is 1. The second kappa shape index (κ2) is 7.30. The van der Waals surface area contributed by atoms with Crippen LogP contribution in [0.1, 0.15) is 26.2 Å². The van der Waals surface area contributed by atoms with Gasteiger partial charge in [-0.2, -0.15) is 0 Å². The molecular formula is C19H20FN5O2. The average molecular weight is 369 g/mol. The largest absolute Gasteiger partial charge is 0.507 e. The average Bonchev–Trinajstić information content (AvgIpc) is 3.19. The highest BCUT2D eigenvalue weighted by Crippen LogP contribution is 2.31. The lowest BCUT2D eigenvalue weighted by Crippen LogP contribution is -2.35. The van der Waals surface area contributed by atoms with Crippen LogP contribution >= 0.6 is 0 Å². The van der Waals surface area contributed by atoms with Gasteiger partial charge in [-0.15, -0.1) is 5.10 Å². The normalized spacial score (nSPS) is 22.5. The SMILES string of the molecule is CC1CC[C@H](Oc2ncc(-c3ccc(-n4ccnc4)cc3O)nn2)[C@@H](F)C1. The third kappa shape index (κ3) is 3.74. The lowest BCUT2D eigenvalue weighted by atomic mass is 9.87. The van der Waals surface area contributed by atoms with Crippen LogP contribution in [-0.2, 0) is 0 Å². The Bertz CT molecular complexity index is 901. The second-order valence-corrected chi connectivity index (χ2v) is 6.89. The maximum absolute atomic E-state index is 14.1. The molecule has 0 aliphatic heterocycles. The first-order valence-corrected chi connectivity index (χ1v) is 8.92. The number of aromatic hydroxyl groups is 1. The summed E-state index contributed by atoms with van der Waals surface area (Å²) in [5.74, 6) is 0.422. The lowest BCUT2D eigenvalue weighted by molar-refractivity contribution is 0.0386. The molecule has 140 valence electrons. The van der Waals surface area contributed by atoms with Gasteiger partial charge in [0.05, 0.1) is 18.2 Å². The van der Waals surface area contributed by atoms with Crippen molar-refractivity contribution in [2.75, 3.05) is 0 Å². The molecule has 4 rings (SSSR count). The Morgan fingerprint density at radius 1 is 1.26 bits per heavy atom. The maximum atomic E-state index is 14.1. The number of ether oxygens (including phenoxy) is 1. The number of imidazole rings is 1. The van der Waals surface area contributed by atoms with Crippen LogP contribution in [0.3, 0.4) is 0 Å². The van der Waals surface area contributed by atoms with Crippen molar-refractivity contribution < 1.29 is 14.2 Å². The molecule has 1 saturated carbocycles. The molecule has 8 heteroatoms. The second-order valence-electron chi connectivity index (χ2n) is 6.89. The van der Waals surface area contributed by atoms with Crippen LogP contribution in [0.15, 0.2) is 43.1 Å². The number of phenolic OH excluding ortho intramolecular Hbond substituents is 1. The minimum Gasteiger partial charge on any atom is -0.507 e. The van der Waals surface area contributed by atoms with Gasteiger partial charge >= 0.3 is 6.01 Å². The van der Waals surface area contributed by atoms with Gasteiger partial charge in [-0.1, -0.05) is 12.0 Å². The number of benzene rings is 1. The highest BCUT2D eigenvalue weighted by Gasteiger charge is 2.30. The van der Waals surface area contributed by atoms with Crippen LogP contribution in [0.2, 0.25) is 0 Å². The molecule has 2 heterocycles. The predicted molar refractivity (Wildman–Crippen MR) is 96.4 cm³/mol. The van der Waals surface area contributed by atoms with Gasteiger partial charge in [-0.05, 0) is 37.3 Å². The summed E-state index contributed by atoms with van der Waals surface area (Å²) in [4.78, 5) is 8.11. The van der Waals surface area contributed by atoms with Crippen LogP contribution in [-0.4, -0.2) is 42.1 Å². The maximum Gasteiger partial charge on any atom is 0.336 e. The molecular weight excluding hydrogens is 349 g/mol. The van der Waals surface area contributed by atoms with Gasteiger partial charge in [-0.25, -0.2) is 14.4 Å². The van der Waals surface area contributed by atoms with Crippen molar-refractivity contribution in [1.82, 2.24) is 24.7 Å². The molecule has 1 N–H and O–H groups in total. The number of hydrogen-bond donors (Lipinski definition) is 1. The summed E-state index contributed by atoms with van der Waals surface area (Å²) in [6, 6.07) is 5.23. The summed E-state index contributed by atoms with van der Waals surface area (Å²) >= 11 is 0. The minimum absolute atomic E-state index is 0.0514.